The van der Waals surface area contributed by atoms with E-state index in [1.807, 2.05) is 37.3 Å². The molecule has 0 bridgehead atoms. The Bertz CT molecular complexity index is 964. The summed E-state index contributed by atoms with van der Waals surface area (Å²) >= 11 is 0. The zero-order valence-corrected chi connectivity index (χ0v) is 15.7. The molecular weight excluding hydrogens is 362 g/mol. The molecule has 1 heterocycles. The standard InChI is InChI=1S/C21H19NO6/c1-4-27-19(14-8-6-5-7-9-14)18-16-12-15(28-21(25)26-3)10-11-17(16)22(13(2)23)20(18)24/h5-12H,4H2,1-3H3. The van der Waals surface area contributed by atoms with Crippen LogP contribution in [0.1, 0.15) is 25.0 Å². The fourth-order valence-electron chi connectivity index (χ4n) is 3.01. The van der Waals surface area contributed by atoms with Crippen LogP contribution in [0.15, 0.2) is 48.5 Å². The predicted molar refractivity (Wildman–Crippen MR) is 103 cm³/mol. The number of methoxy groups -OCH3 is 1. The summed E-state index contributed by atoms with van der Waals surface area (Å²) in [6, 6.07) is 13.7. The lowest BCUT2D eigenvalue weighted by Gasteiger charge is -2.13. The molecule has 0 N–H and O–H groups in total. The molecule has 2 aromatic carbocycles. The van der Waals surface area contributed by atoms with Crippen LogP contribution in [0.5, 0.6) is 5.75 Å². The number of fused-ring (bicyclic) bond motifs is 1. The van der Waals surface area contributed by atoms with Gasteiger partial charge in [0.25, 0.3) is 5.91 Å². The molecule has 2 amide bonds. The molecule has 1 aliphatic rings. The van der Waals surface area contributed by atoms with Gasteiger partial charge in [-0.1, -0.05) is 30.3 Å². The van der Waals surface area contributed by atoms with Gasteiger partial charge in [0, 0.05) is 18.1 Å². The lowest BCUT2D eigenvalue weighted by molar-refractivity contribution is -0.122. The normalized spacial score (nSPS) is 14.4. The predicted octanol–water partition coefficient (Wildman–Crippen LogP) is 3.63. The molecule has 7 nitrogen and oxygen atoms in total. The molecule has 3 rings (SSSR count). The number of rotatable bonds is 4. The second kappa shape index (κ2) is 7.96. The third kappa shape index (κ3) is 3.46. The van der Waals surface area contributed by atoms with Crippen LogP contribution in [-0.4, -0.2) is 31.7 Å². The molecule has 0 radical (unpaired) electrons. The van der Waals surface area contributed by atoms with E-state index in [1.165, 1.54) is 26.2 Å². The van der Waals surface area contributed by atoms with Gasteiger partial charge < -0.3 is 14.2 Å². The van der Waals surface area contributed by atoms with Crippen molar-refractivity contribution in [3.8, 4) is 5.75 Å². The minimum absolute atomic E-state index is 0.185. The topological polar surface area (TPSA) is 82.1 Å². The van der Waals surface area contributed by atoms with Crippen molar-refractivity contribution in [1.82, 2.24) is 0 Å². The number of hydrogen-bond donors (Lipinski definition) is 0. The molecular formula is C21H19NO6. The highest BCUT2D eigenvalue weighted by molar-refractivity contribution is 6.42. The third-order valence-corrected chi connectivity index (χ3v) is 4.13. The maximum absolute atomic E-state index is 13.1. The van der Waals surface area contributed by atoms with Gasteiger partial charge in [-0.3, -0.25) is 9.59 Å². The Morgan fingerprint density at radius 3 is 2.39 bits per heavy atom. The van der Waals surface area contributed by atoms with E-state index in [-0.39, 0.29) is 11.3 Å². The summed E-state index contributed by atoms with van der Waals surface area (Å²) < 4.78 is 15.4. The van der Waals surface area contributed by atoms with Gasteiger partial charge in [0.05, 0.1) is 25.0 Å². The number of ether oxygens (including phenoxy) is 3. The zero-order chi connectivity index (χ0) is 20.3. The summed E-state index contributed by atoms with van der Waals surface area (Å²) in [6.45, 7) is 3.45. The number of benzene rings is 2. The summed E-state index contributed by atoms with van der Waals surface area (Å²) in [5, 5.41) is 0. The lowest BCUT2D eigenvalue weighted by Crippen LogP contribution is -2.31. The largest absolute Gasteiger partial charge is 0.513 e. The molecule has 0 aromatic heterocycles. The third-order valence-electron chi connectivity index (χ3n) is 4.13. The Balaban J connectivity index is 2.24. The van der Waals surface area contributed by atoms with Crippen molar-refractivity contribution >= 4 is 35.0 Å². The lowest BCUT2D eigenvalue weighted by atomic mass is 10.0. The summed E-state index contributed by atoms with van der Waals surface area (Å²) in [4.78, 5) is 37.8. The van der Waals surface area contributed by atoms with Gasteiger partial charge in [-0.15, -0.1) is 0 Å². The van der Waals surface area contributed by atoms with E-state index >= 15 is 0 Å². The number of carbonyl (C=O) groups excluding carboxylic acids is 3. The Morgan fingerprint density at radius 2 is 1.79 bits per heavy atom. The maximum Gasteiger partial charge on any atom is 0.513 e. The van der Waals surface area contributed by atoms with E-state index in [2.05, 4.69) is 4.74 Å². The smallest absolute Gasteiger partial charge is 0.492 e. The number of anilines is 1. The van der Waals surface area contributed by atoms with Crippen molar-refractivity contribution < 1.29 is 28.6 Å². The molecule has 1 aliphatic heterocycles. The number of nitrogens with zero attached hydrogens (tertiary/aromatic N) is 1. The number of imide groups is 1. The van der Waals surface area contributed by atoms with Gasteiger partial charge in [-0.2, -0.15) is 0 Å². The quantitative estimate of drug-likeness (QED) is 0.348. The van der Waals surface area contributed by atoms with Crippen LogP contribution >= 0.6 is 0 Å². The first-order chi connectivity index (χ1) is 13.5. The van der Waals surface area contributed by atoms with Crippen LogP contribution in [0.4, 0.5) is 10.5 Å². The van der Waals surface area contributed by atoms with E-state index in [4.69, 9.17) is 9.47 Å². The average Bonchev–Trinajstić information content (AvgIpc) is 2.98. The van der Waals surface area contributed by atoms with Crippen LogP contribution in [-0.2, 0) is 19.1 Å². The monoisotopic (exact) mass is 381 g/mol. The Morgan fingerprint density at radius 1 is 1.07 bits per heavy atom. The highest BCUT2D eigenvalue weighted by Crippen LogP contribution is 2.43. The molecule has 0 aliphatic carbocycles. The maximum atomic E-state index is 13.1. The molecule has 0 unspecified atom stereocenters. The average molecular weight is 381 g/mol. The van der Waals surface area contributed by atoms with Gasteiger partial charge in [-0.05, 0) is 25.1 Å². The second-order valence-corrected chi connectivity index (χ2v) is 5.90. The first-order valence-corrected chi connectivity index (χ1v) is 8.65. The van der Waals surface area contributed by atoms with Gasteiger partial charge in [0.2, 0.25) is 5.91 Å². The van der Waals surface area contributed by atoms with Crippen molar-refractivity contribution in [3.05, 3.63) is 59.7 Å². The molecule has 0 spiro atoms. The first kappa shape index (κ1) is 19.2. The number of carbonyl (C=O) groups is 3. The van der Waals surface area contributed by atoms with Gasteiger partial charge in [0.15, 0.2) is 0 Å². The summed E-state index contributed by atoms with van der Waals surface area (Å²) in [5.41, 5.74) is 1.77. The molecule has 28 heavy (non-hydrogen) atoms. The van der Waals surface area contributed by atoms with E-state index in [1.54, 1.807) is 6.07 Å². The SMILES string of the molecule is CCOC(=C1C(=O)N(C(C)=O)c2ccc(OC(=O)OC)cc21)c1ccccc1. The minimum Gasteiger partial charge on any atom is -0.492 e. The van der Waals surface area contributed by atoms with Crippen molar-refractivity contribution in [2.24, 2.45) is 0 Å². The van der Waals surface area contributed by atoms with Gasteiger partial charge in [-0.25, -0.2) is 9.69 Å². The van der Waals surface area contributed by atoms with E-state index in [0.29, 0.717) is 29.2 Å². The molecule has 144 valence electrons. The number of amides is 2. The first-order valence-electron chi connectivity index (χ1n) is 8.65. The zero-order valence-electron chi connectivity index (χ0n) is 15.7. The van der Waals surface area contributed by atoms with Crippen molar-refractivity contribution in [2.45, 2.75) is 13.8 Å². The molecule has 0 fully saturated rings. The summed E-state index contributed by atoms with van der Waals surface area (Å²) in [6.07, 6.45) is -0.883. The van der Waals surface area contributed by atoms with E-state index in [0.717, 1.165) is 4.90 Å². The van der Waals surface area contributed by atoms with Crippen LogP contribution < -0.4 is 9.64 Å². The molecule has 2 aromatic rings. The Hall–Kier alpha value is -3.61. The van der Waals surface area contributed by atoms with Gasteiger partial charge >= 0.3 is 6.16 Å². The summed E-state index contributed by atoms with van der Waals surface area (Å²) in [5.74, 6) is -0.379. The highest BCUT2D eigenvalue weighted by atomic mass is 16.7. The molecule has 7 heteroatoms. The number of hydrogen-bond acceptors (Lipinski definition) is 6. The van der Waals surface area contributed by atoms with Crippen LogP contribution in [0, 0.1) is 0 Å². The molecule has 0 atom stereocenters. The highest BCUT2D eigenvalue weighted by Gasteiger charge is 2.38. The molecule has 0 saturated heterocycles. The molecule has 0 saturated carbocycles. The van der Waals surface area contributed by atoms with Crippen LogP contribution in [0.2, 0.25) is 0 Å². The van der Waals surface area contributed by atoms with Gasteiger partial charge in [0.1, 0.15) is 11.5 Å². The van der Waals surface area contributed by atoms with E-state index in [9.17, 15) is 14.4 Å². The van der Waals surface area contributed by atoms with Crippen molar-refractivity contribution in [1.29, 1.82) is 0 Å². The van der Waals surface area contributed by atoms with Crippen molar-refractivity contribution in [3.63, 3.8) is 0 Å². The Labute approximate surface area is 162 Å². The fraction of sp³-hybridized carbons (Fsp3) is 0.190. The van der Waals surface area contributed by atoms with Crippen LogP contribution in [0.3, 0.4) is 0 Å². The van der Waals surface area contributed by atoms with Crippen molar-refractivity contribution in [2.75, 3.05) is 18.6 Å². The Kier molecular flexibility index (Phi) is 5.44. The van der Waals surface area contributed by atoms with Crippen LogP contribution in [0.25, 0.3) is 11.3 Å². The summed E-state index contributed by atoms with van der Waals surface area (Å²) in [7, 11) is 1.20. The fourth-order valence-corrected chi connectivity index (χ4v) is 3.01. The minimum atomic E-state index is -0.883. The van der Waals surface area contributed by atoms with E-state index < -0.39 is 18.0 Å². The second-order valence-electron chi connectivity index (χ2n) is 5.90.